The third kappa shape index (κ3) is 2.15. The van der Waals surface area contributed by atoms with Crippen LogP contribution in [0.2, 0.25) is 0 Å². The van der Waals surface area contributed by atoms with Crippen LogP contribution in [0, 0.1) is 6.92 Å². The minimum absolute atomic E-state index is 0.00200. The van der Waals surface area contributed by atoms with Crippen molar-refractivity contribution >= 4 is 21.7 Å². The normalized spacial score (nSPS) is 18.7. The molecule has 1 aromatic carbocycles. The summed E-state index contributed by atoms with van der Waals surface area (Å²) < 4.78 is 11.0. The van der Waals surface area contributed by atoms with Crippen molar-refractivity contribution in [2.24, 2.45) is 0 Å². The summed E-state index contributed by atoms with van der Waals surface area (Å²) in [6.07, 6.45) is -0.487. The summed E-state index contributed by atoms with van der Waals surface area (Å²) in [4.78, 5) is 11.4. The molecule has 1 heterocycles. The second-order valence-electron chi connectivity index (χ2n) is 3.47. The Morgan fingerprint density at radius 1 is 1.53 bits per heavy atom. The van der Waals surface area contributed by atoms with Gasteiger partial charge in [0.25, 0.3) is 0 Å². The number of carbonyl (C=O) groups excluding carboxylic acids is 1. The number of hydrogen-bond donors (Lipinski definition) is 0. The van der Waals surface area contributed by atoms with Crippen LogP contribution in [-0.4, -0.2) is 23.8 Å². The fourth-order valence-corrected chi connectivity index (χ4v) is 1.79. The molecule has 0 aromatic heterocycles. The van der Waals surface area contributed by atoms with Crippen molar-refractivity contribution < 1.29 is 14.3 Å². The number of hydrogen-bond acceptors (Lipinski definition) is 3. The summed E-state index contributed by atoms with van der Waals surface area (Å²) in [6, 6.07) is 5.69. The number of fused-ring (bicyclic) bond motifs is 1. The van der Waals surface area contributed by atoms with Gasteiger partial charge in [-0.2, -0.15) is 0 Å². The van der Waals surface area contributed by atoms with Crippen molar-refractivity contribution in [1.29, 1.82) is 0 Å². The van der Waals surface area contributed by atoms with Gasteiger partial charge in [0.15, 0.2) is 23.4 Å². The van der Waals surface area contributed by atoms with Gasteiger partial charge in [0.2, 0.25) is 0 Å². The molecule has 15 heavy (non-hydrogen) atoms. The Kier molecular flexibility index (Phi) is 2.95. The average molecular weight is 271 g/mol. The Balaban J connectivity index is 2.22. The van der Waals surface area contributed by atoms with Crippen LogP contribution in [0.25, 0.3) is 0 Å². The fraction of sp³-hybridized carbons (Fsp3) is 0.364. The van der Waals surface area contributed by atoms with E-state index in [1.807, 2.05) is 25.1 Å². The second kappa shape index (κ2) is 4.23. The number of alkyl halides is 1. The van der Waals surface area contributed by atoms with E-state index in [4.69, 9.17) is 9.47 Å². The molecule has 0 N–H and O–H groups in total. The van der Waals surface area contributed by atoms with Gasteiger partial charge in [-0.3, -0.25) is 4.79 Å². The molecule has 0 amide bonds. The fourth-order valence-electron chi connectivity index (χ4n) is 1.42. The van der Waals surface area contributed by atoms with E-state index in [9.17, 15) is 4.79 Å². The van der Waals surface area contributed by atoms with Crippen molar-refractivity contribution in [3.63, 3.8) is 0 Å². The molecule has 0 radical (unpaired) electrons. The quantitative estimate of drug-likeness (QED) is 0.773. The lowest BCUT2D eigenvalue weighted by molar-refractivity contribution is -0.125. The molecule has 0 aliphatic carbocycles. The lowest BCUT2D eigenvalue weighted by atomic mass is 10.2. The highest BCUT2D eigenvalue weighted by atomic mass is 79.9. The zero-order valence-electron chi connectivity index (χ0n) is 8.33. The molecule has 1 aromatic rings. The summed E-state index contributed by atoms with van der Waals surface area (Å²) in [5.41, 5.74) is 1.09. The van der Waals surface area contributed by atoms with Gasteiger partial charge in [0, 0.05) is 0 Å². The standard InChI is InChI=1S/C11H11BrO3/c1-7-2-3-9-10(4-7)15-11(6-14-9)8(13)5-12/h2-4,11H,5-6H2,1H3. The maximum atomic E-state index is 11.4. The SMILES string of the molecule is Cc1ccc2c(c1)OC(C(=O)CBr)CO2. The molecule has 1 aliphatic heterocycles. The van der Waals surface area contributed by atoms with E-state index in [0.717, 1.165) is 5.56 Å². The van der Waals surface area contributed by atoms with E-state index in [-0.39, 0.29) is 5.78 Å². The van der Waals surface area contributed by atoms with Crippen LogP contribution in [0.3, 0.4) is 0 Å². The molecule has 0 saturated heterocycles. The van der Waals surface area contributed by atoms with Crippen LogP contribution in [0.1, 0.15) is 5.56 Å². The van der Waals surface area contributed by atoms with Crippen LogP contribution in [0.4, 0.5) is 0 Å². The van der Waals surface area contributed by atoms with Gasteiger partial charge >= 0.3 is 0 Å². The molecule has 2 rings (SSSR count). The van der Waals surface area contributed by atoms with E-state index in [1.165, 1.54) is 0 Å². The Labute approximate surface area is 96.5 Å². The van der Waals surface area contributed by atoms with Gasteiger partial charge in [-0.15, -0.1) is 0 Å². The predicted molar refractivity (Wildman–Crippen MR) is 59.9 cm³/mol. The van der Waals surface area contributed by atoms with Gasteiger partial charge in [-0.1, -0.05) is 22.0 Å². The first kappa shape index (κ1) is 10.5. The minimum atomic E-state index is -0.487. The molecule has 1 unspecified atom stereocenters. The number of ketones is 1. The molecule has 0 saturated carbocycles. The smallest absolute Gasteiger partial charge is 0.191 e. The number of benzene rings is 1. The summed E-state index contributed by atoms with van der Waals surface area (Å²) in [7, 11) is 0. The molecule has 4 heteroatoms. The molecular weight excluding hydrogens is 260 g/mol. The molecule has 0 bridgehead atoms. The summed E-state index contributed by atoms with van der Waals surface area (Å²) in [5.74, 6) is 1.36. The van der Waals surface area contributed by atoms with Crippen LogP contribution < -0.4 is 9.47 Å². The molecule has 1 atom stereocenters. The zero-order valence-corrected chi connectivity index (χ0v) is 9.91. The minimum Gasteiger partial charge on any atom is -0.485 e. The molecule has 0 fully saturated rings. The zero-order chi connectivity index (χ0) is 10.8. The van der Waals surface area contributed by atoms with E-state index in [2.05, 4.69) is 15.9 Å². The molecule has 80 valence electrons. The van der Waals surface area contributed by atoms with Crippen molar-refractivity contribution in [2.45, 2.75) is 13.0 Å². The van der Waals surface area contributed by atoms with Crippen molar-refractivity contribution in [2.75, 3.05) is 11.9 Å². The highest BCUT2D eigenvalue weighted by Crippen LogP contribution is 2.32. The van der Waals surface area contributed by atoms with Crippen LogP contribution in [0.15, 0.2) is 18.2 Å². The largest absolute Gasteiger partial charge is 0.485 e. The van der Waals surface area contributed by atoms with Gasteiger partial charge in [-0.05, 0) is 24.6 Å². The molecule has 3 nitrogen and oxygen atoms in total. The lowest BCUT2D eigenvalue weighted by Crippen LogP contribution is -2.37. The van der Waals surface area contributed by atoms with Crippen molar-refractivity contribution in [3.05, 3.63) is 23.8 Å². The van der Waals surface area contributed by atoms with Crippen LogP contribution >= 0.6 is 15.9 Å². The predicted octanol–water partition coefficient (Wildman–Crippen LogP) is 2.10. The van der Waals surface area contributed by atoms with Gasteiger partial charge in [0.1, 0.15) is 6.61 Å². The van der Waals surface area contributed by atoms with Crippen LogP contribution in [0.5, 0.6) is 11.5 Å². The van der Waals surface area contributed by atoms with E-state index >= 15 is 0 Å². The van der Waals surface area contributed by atoms with Gasteiger partial charge in [-0.25, -0.2) is 0 Å². The Morgan fingerprint density at radius 2 is 2.33 bits per heavy atom. The third-order valence-electron chi connectivity index (χ3n) is 2.25. The van der Waals surface area contributed by atoms with Crippen molar-refractivity contribution in [1.82, 2.24) is 0 Å². The number of carbonyl (C=O) groups is 1. The molecular formula is C11H11BrO3. The van der Waals surface area contributed by atoms with Crippen LogP contribution in [-0.2, 0) is 4.79 Å². The maximum Gasteiger partial charge on any atom is 0.191 e. The highest BCUT2D eigenvalue weighted by molar-refractivity contribution is 9.09. The Bertz CT molecular complexity index is 389. The first-order valence-electron chi connectivity index (χ1n) is 4.69. The number of aryl methyl sites for hydroxylation is 1. The number of halogens is 1. The Hall–Kier alpha value is -1.03. The topological polar surface area (TPSA) is 35.5 Å². The van der Waals surface area contributed by atoms with Gasteiger partial charge in [0.05, 0.1) is 5.33 Å². The average Bonchev–Trinajstić information content (AvgIpc) is 2.27. The maximum absolute atomic E-state index is 11.4. The summed E-state index contributed by atoms with van der Waals surface area (Å²) >= 11 is 3.12. The van der Waals surface area contributed by atoms with E-state index in [0.29, 0.717) is 23.4 Å². The third-order valence-corrected chi connectivity index (χ3v) is 2.80. The van der Waals surface area contributed by atoms with E-state index in [1.54, 1.807) is 0 Å². The lowest BCUT2D eigenvalue weighted by Gasteiger charge is -2.25. The first-order valence-corrected chi connectivity index (χ1v) is 5.81. The van der Waals surface area contributed by atoms with Gasteiger partial charge < -0.3 is 9.47 Å². The first-order chi connectivity index (χ1) is 7.20. The van der Waals surface area contributed by atoms with Crippen molar-refractivity contribution in [3.8, 4) is 11.5 Å². The van der Waals surface area contributed by atoms with E-state index < -0.39 is 6.10 Å². The number of Topliss-reactive ketones (excluding diaryl/α,β-unsaturated/α-hetero) is 1. The molecule has 1 aliphatic rings. The molecule has 0 spiro atoms. The Morgan fingerprint density at radius 3 is 3.07 bits per heavy atom. The summed E-state index contributed by atoms with van der Waals surface area (Å²) in [6.45, 7) is 2.26. The summed E-state index contributed by atoms with van der Waals surface area (Å²) in [5, 5.41) is 0.294. The number of rotatable bonds is 2. The highest BCUT2D eigenvalue weighted by Gasteiger charge is 2.26. The second-order valence-corrected chi connectivity index (χ2v) is 4.03. The number of ether oxygens (including phenoxy) is 2. The monoisotopic (exact) mass is 270 g/mol.